The Hall–Kier alpha value is -3.92. The standard InChI is InChI=1S/C20H18N6O/c1-26(2)17-8-6-15(7-9-17)24-19-11-18(22-13-23-19)20(27)25-16-5-3-4-14(10-16)12-21/h3-11,13H,1-2H3,(H,25,27)(H,22,23,24). The van der Waals surface area contributed by atoms with Crippen molar-refractivity contribution in [2.24, 2.45) is 0 Å². The van der Waals surface area contributed by atoms with Gasteiger partial charge in [-0.25, -0.2) is 9.97 Å². The van der Waals surface area contributed by atoms with Gasteiger partial charge < -0.3 is 15.5 Å². The average molecular weight is 358 g/mol. The van der Waals surface area contributed by atoms with Crippen LogP contribution in [0.3, 0.4) is 0 Å². The molecule has 7 nitrogen and oxygen atoms in total. The van der Waals surface area contributed by atoms with Crippen LogP contribution < -0.4 is 15.5 Å². The third kappa shape index (κ3) is 4.58. The number of nitrogens with zero attached hydrogens (tertiary/aromatic N) is 4. The zero-order chi connectivity index (χ0) is 19.2. The number of aromatic nitrogens is 2. The van der Waals surface area contributed by atoms with Crippen LogP contribution in [0.1, 0.15) is 16.1 Å². The van der Waals surface area contributed by atoms with Crippen molar-refractivity contribution in [3.63, 3.8) is 0 Å². The summed E-state index contributed by atoms with van der Waals surface area (Å²) in [5, 5.41) is 14.8. The minimum Gasteiger partial charge on any atom is -0.378 e. The number of anilines is 4. The molecule has 2 N–H and O–H groups in total. The number of rotatable bonds is 5. The highest BCUT2D eigenvalue weighted by Crippen LogP contribution is 2.19. The quantitative estimate of drug-likeness (QED) is 0.726. The van der Waals surface area contributed by atoms with Gasteiger partial charge >= 0.3 is 0 Å². The van der Waals surface area contributed by atoms with Crippen molar-refractivity contribution in [2.75, 3.05) is 29.6 Å². The lowest BCUT2D eigenvalue weighted by Crippen LogP contribution is -2.14. The topological polar surface area (TPSA) is 93.9 Å². The lowest BCUT2D eigenvalue weighted by Gasteiger charge is -2.13. The van der Waals surface area contributed by atoms with E-state index >= 15 is 0 Å². The van der Waals surface area contributed by atoms with Gasteiger partial charge in [0, 0.05) is 37.2 Å². The van der Waals surface area contributed by atoms with E-state index in [1.165, 1.54) is 6.33 Å². The summed E-state index contributed by atoms with van der Waals surface area (Å²) >= 11 is 0. The predicted molar refractivity (Wildman–Crippen MR) is 105 cm³/mol. The Morgan fingerprint density at radius 2 is 1.81 bits per heavy atom. The molecule has 1 heterocycles. The van der Waals surface area contributed by atoms with Crippen molar-refractivity contribution in [3.8, 4) is 6.07 Å². The highest BCUT2D eigenvalue weighted by atomic mass is 16.1. The van der Waals surface area contributed by atoms with E-state index in [1.807, 2.05) is 49.3 Å². The van der Waals surface area contributed by atoms with Gasteiger partial charge in [0.15, 0.2) is 0 Å². The summed E-state index contributed by atoms with van der Waals surface area (Å²) in [4.78, 5) is 22.6. The smallest absolute Gasteiger partial charge is 0.274 e. The Bertz CT molecular complexity index is 992. The molecule has 0 radical (unpaired) electrons. The van der Waals surface area contributed by atoms with Gasteiger partial charge in [0.2, 0.25) is 0 Å². The summed E-state index contributed by atoms with van der Waals surface area (Å²) in [6, 6.07) is 18.1. The number of amides is 1. The van der Waals surface area contributed by atoms with E-state index < -0.39 is 0 Å². The predicted octanol–water partition coefficient (Wildman–Crippen LogP) is 3.41. The number of carbonyl (C=O) groups excluding carboxylic acids is 1. The molecule has 0 bridgehead atoms. The van der Waals surface area contributed by atoms with Crippen molar-refractivity contribution < 1.29 is 4.79 Å². The maximum atomic E-state index is 12.4. The maximum Gasteiger partial charge on any atom is 0.274 e. The monoisotopic (exact) mass is 358 g/mol. The van der Waals surface area contributed by atoms with Gasteiger partial charge in [0.05, 0.1) is 11.6 Å². The van der Waals surface area contributed by atoms with E-state index in [2.05, 4.69) is 20.6 Å². The molecule has 3 aromatic rings. The Balaban J connectivity index is 1.72. The number of hydrogen-bond acceptors (Lipinski definition) is 6. The molecule has 1 aromatic heterocycles. The minimum absolute atomic E-state index is 0.222. The minimum atomic E-state index is -0.376. The van der Waals surface area contributed by atoms with Crippen molar-refractivity contribution in [1.29, 1.82) is 5.26 Å². The molecular formula is C20H18N6O. The Kier molecular flexibility index (Phi) is 5.28. The van der Waals surface area contributed by atoms with Crippen LogP contribution in [0.2, 0.25) is 0 Å². The molecule has 2 aromatic carbocycles. The fraction of sp³-hybridized carbons (Fsp3) is 0.100. The molecule has 0 atom stereocenters. The van der Waals surface area contributed by atoms with E-state index in [9.17, 15) is 4.79 Å². The normalized spacial score (nSPS) is 9.96. The van der Waals surface area contributed by atoms with Crippen molar-refractivity contribution >= 4 is 28.8 Å². The van der Waals surface area contributed by atoms with E-state index in [4.69, 9.17) is 5.26 Å². The SMILES string of the molecule is CN(C)c1ccc(Nc2cc(C(=O)Nc3cccc(C#N)c3)ncn2)cc1. The second-order valence-corrected chi connectivity index (χ2v) is 6.00. The zero-order valence-electron chi connectivity index (χ0n) is 15.0. The lowest BCUT2D eigenvalue weighted by molar-refractivity contribution is 0.102. The highest BCUT2D eigenvalue weighted by molar-refractivity contribution is 6.03. The van der Waals surface area contributed by atoms with Crippen LogP contribution in [0.15, 0.2) is 60.9 Å². The number of hydrogen-bond donors (Lipinski definition) is 2. The molecule has 0 saturated heterocycles. The summed E-state index contributed by atoms with van der Waals surface area (Å²) < 4.78 is 0. The zero-order valence-corrected chi connectivity index (χ0v) is 15.0. The second kappa shape index (κ2) is 7.97. The lowest BCUT2D eigenvalue weighted by atomic mass is 10.2. The number of nitrogens with one attached hydrogen (secondary N) is 2. The third-order valence-corrected chi connectivity index (χ3v) is 3.81. The van der Waals surface area contributed by atoms with Crippen molar-refractivity contribution in [2.45, 2.75) is 0 Å². The van der Waals surface area contributed by atoms with Gasteiger partial charge in [0.25, 0.3) is 5.91 Å². The van der Waals surface area contributed by atoms with Gasteiger partial charge in [-0.15, -0.1) is 0 Å². The molecule has 0 aliphatic carbocycles. The van der Waals surface area contributed by atoms with Crippen LogP contribution in [-0.2, 0) is 0 Å². The van der Waals surface area contributed by atoms with Crippen molar-refractivity contribution in [1.82, 2.24) is 9.97 Å². The summed E-state index contributed by atoms with van der Waals surface area (Å²) in [5.41, 5.74) is 3.17. The van der Waals surface area contributed by atoms with E-state index in [-0.39, 0.29) is 11.6 Å². The van der Waals surface area contributed by atoms with Gasteiger partial charge in [-0.3, -0.25) is 4.79 Å². The molecule has 0 fully saturated rings. The van der Waals surface area contributed by atoms with Crippen LogP contribution in [0.4, 0.5) is 22.9 Å². The summed E-state index contributed by atoms with van der Waals surface area (Å²) in [5.74, 6) is 0.136. The fourth-order valence-corrected chi connectivity index (χ4v) is 2.40. The summed E-state index contributed by atoms with van der Waals surface area (Å²) in [6.45, 7) is 0. The molecule has 7 heteroatoms. The molecule has 1 amide bonds. The second-order valence-electron chi connectivity index (χ2n) is 6.00. The van der Waals surface area contributed by atoms with Crippen LogP contribution in [0.5, 0.6) is 0 Å². The Morgan fingerprint density at radius 1 is 1.04 bits per heavy atom. The third-order valence-electron chi connectivity index (χ3n) is 3.81. The average Bonchev–Trinajstić information content (AvgIpc) is 2.68. The molecule has 0 aliphatic heterocycles. The fourth-order valence-electron chi connectivity index (χ4n) is 2.40. The van der Waals surface area contributed by atoms with Crippen LogP contribution >= 0.6 is 0 Å². The molecule has 0 saturated carbocycles. The van der Waals surface area contributed by atoms with E-state index in [0.29, 0.717) is 17.1 Å². The van der Waals surface area contributed by atoms with Crippen LogP contribution in [0.25, 0.3) is 0 Å². The van der Waals surface area contributed by atoms with Gasteiger partial charge in [-0.1, -0.05) is 6.07 Å². The van der Waals surface area contributed by atoms with E-state index in [0.717, 1.165) is 11.4 Å². The molecule has 0 aliphatic rings. The van der Waals surface area contributed by atoms with Gasteiger partial charge in [-0.2, -0.15) is 5.26 Å². The number of nitriles is 1. The number of benzene rings is 2. The van der Waals surface area contributed by atoms with Gasteiger partial charge in [0.1, 0.15) is 17.8 Å². The molecule has 0 unspecified atom stereocenters. The maximum absolute atomic E-state index is 12.4. The van der Waals surface area contributed by atoms with Gasteiger partial charge in [-0.05, 0) is 42.5 Å². The first-order valence-corrected chi connectivity index (χ1v) is 8.23. The van der Waals surface area contributed by atoms with Crippen LogP contribution in [0, 0.1) is 11.3 Å². The number of carbonyl (C=O) groups is 1. The first-order chi connectivity index (χ1) is 13.0. The molecule has 0 spiro atoms. The molecular weight excluding hydrogens is 340 g/mol. The first kappa shape index (κ1) is 17.9. The Morgan fingerprint density at radius 3 is 2.52 bits per heavy atom. The van der Waals surface area contributed by atoms with Crippen LogP contribution in [-0.4, -0.2) is 30.0 Å². The highest BCUT2D eigenvalue weighted by Gasteiger charge is 2.10. The molecule has 27 heavy (non-hydrogen) atoms. The molecule has 3 rings (SSSR count). The largest absolute Gasteiger partial charge is 0.378 e. The first-order valence-electron chi connectivity index (χ1n) is 8.23. The van der Waals surface area contributed by atoms with E-state index in [1.54, 1.807) is 30.3 Å². The summed E-state index contributed by atoms with van der Waals surface area (Å²) in [6.07, 6.45) is 1.33. The summed E-state index contributed by atoms with van der Waals surface area (Å²) in [7, 11) is 3.95. The Labute approximate surface area is 157 Å². The van der Waals surface area contributed by atoms with Crippen molar-refractivity contribution in [3.05, 3.63) is 72.2 Å². The molecule has 134 valence electrons.